The van der Waals surface area contributed by atoms with Gasteiger partial charge in [-0.3, -0.25) is 0 Å². The third-order valence-electron chi connectivity index (χ3n) is 2.77. The Kier molecular flexibility index (Phi) is 8.38. The average molecular weight is 298 g/mol. The van der Waals surface area contributed by atoms with Gasteiger partial charge in [0.25, 0.3) is 0 Å². The van der Waals surface area contributed by atoms with Crippen LogP contribution in [0.2, 0.25) is 0 Å². The molecule has 0 aliphatic rings. The molecule has 6 heteroatoms. The Hall–Kier alpha value is -1.66. The lowest BCUT2D eigenvalue weighted by atomic mass is 10.1. The molecule has 1 aromatic carbocycles. The van der Waals surface area contributed by atoms with E-state index in [2.05, 4.69) is 10.6 Å². The molecule has 0 spiro atoms. The number of benzene rings is 1. The van der Waals surface area contributed by atoms with Crippen molar-refractivity contribution in [3.8, 4) is 0 Å². The van der Waals surface area contributed by atoms with Crippen LogP contribution in [0.25, 0.3) is 0 Å². The van der Waals surface area contributed by atoms with Gasteiger partial charge in [-0.1, -0.05) is 18.2 Å². The van der Waals surface area contributed by atoms with Crippen LogP contribution < -0.4 is 10.6 Å². The van der Waals surface area contributed by atoms with Crippen molar-refractivity contribution in [2.75, 3.05) is 26.3 Å². The molecule has 0 heterocycles. The van der Waals surface area contributed by atoms with Crippen LogP contribution in [0, 0.1) is 5.82 Å². The lowest BCUT2D eigenvalue weighted by molar-refractivity contribution is -0.131. The number of hydrogen-bond acceptors (Lipinski definition) is 3. The van der Waals surface area contributed by atoms with Crippen molar-refractivity contribution in [1.29, 1.82) is 0 Å². The summed E-state index contributed by atoms with van der Waals surface area (Å²) in [5, 5.41) is 5.33. The number of amides is 2. The van der Waals surface area contributed by atoms with Gasteiger partial charge in [0.1, 0.15) is 5.82 Å². The smallest absolute Gasteiger partial charge is 0.314 e. The van der Waals surface area contributed by atoms with Gasteiger partial charge in [-0.25, -0.2) is 9.18 Å². The largest absolute Gasteiger partial charge is 0.351 e. The minimum absolute atomic E-state index is 0.257. The lowest BCUT2D eigenvalue weighted by Crippen LogP contribution is -2.42. The maximum atomic E-state index is 13.4. The van der Waals surface area contributed by atoms with Gasteiger partial charge in [-0.05, 0) is 31.9 Å². The molecule has 0 radical (unpaired) electrons. The fourth-order valence-corrected chi connectivity index (χ4v) is 1.79. The summed E-state index contributed by atoms with van der Waals surface area (Å²) >= 11 is 0. The molecule has 0 aromatic heterocycles. The quantitative estimate of drug-likeness (QED) is 0.686. The second kappa shape index (κ2) is 10.1. The van der Waals surface area contributed by atoms with E-state index in [4.69, 9.17) is 9.47 Å². The highest BCUT2D eigenvalue weighted by atomic mass is 19.1. The number of ether oxygens (including phenoxy) is 2. The summed E-state index contributed by atoms with van der Waals surface area (Å²) in [5.41, 5.74) is 0.583. The zero-order chi connectivity index (χ0) is 15.5. The zero-order valence-corrected chi connectivity index (χ0v) is 12.5. The minimum Gasteiger partial charge on any atom is -0.351 e. The second-order valence-corrected chi connectivity index (χ2v) is 4.32. The van der Waals surface area contributed by atoms with E-state index in [1.54, 1.807) is 18.2 Å². The molecule has 21 heavy (non-hydrogen) atoms. The monoisotopic (exact) mass is 298 g/mol. The molecular formula is C15H23FN2O3. The summed E-state index contributed by atoms with van der Waals surface area (Å²) in [6, 6.07) is 6.20. The topological polar surface area (TPSA) is 59.6 Å². The highest BCUT2D eigenvalue weighted by Gasteiger charge is 2.09. The van der Waals surface area contributed by atoms with Crippen LogP contribution in [0.3, 0.4) is 0 Å². The molecule has 2 N–H and O–H groups in total. The van der Waals surface area contributed by atoms with Gasteiger partial charge in [0, 0.05) is 19.8 Å². The van der Waals surface area contributed by atoms with Gasteiger partial charge in [0.05, 0.1) is 6.54 Å². The number of halogens is 1. The predicted molar refractivity (Wildman–Crippen MR) is 78.5 cm³/mol. The maximum Gasteiger partial charge on any atom is 0.314 e. The van der Waals surface area contributed by atoms with Gasteiger partial charge >= 0.3 is 6.03 Å². The van der Waals surface area contributed by atoms with E-state index >= 15 is 0 Å². The third-order valence-corrected chi connectivity index (χ3v) is 2.77. The summed E-state index contributed by atoms with van der Waals surface area (Å²) in [6.45, 7) is 5.39. The first kappa shape index (κ1) is 17.4. The van der Waals surface area contributed by atoms with Crippen LogP contribution in [-0.4, -0.2) is 38.6 Å². The third kappa shape index (κ3) is 7.06. The number of rotatable bonds is 9. The van der Waals surface area contributed by atoms with Crippen LogP contribution in [0.5, 0.6) is 0 Å². The van der Waals surface area contributed by atoms with Crippen molar-refractivity contribution >= 4 is 6.03 Å². The van der Waals surface area contributed by atoms with Crippen molar-refractivity contribution in [1.82, 2.24) is 10.6 Å². The molecule has 118 valence electrons. The Balaban J connectivity index is 2.23. The van der Waals surface area contributed by atoms with Gasteiger partial charge in [0.15, 0.2) is 6.29 Å². The number of nitrogens with one attached hydrogen (secondary N) is 2. The first-order chi connectivity index (χ1) is 10.2. The molecule has 0 atom stereocenters. The summed E-state index contributed by atoms with van der Waals surface area (Å²) in [7, 11) is 0. The number of carbonyl (C=O) groups excluding carboxylic acids is 1. The molecule has 1 aromatic rings. The summed E-state index contributed by atoms with van der Waals surface area (Å²) in [4.78, 5) is 11.6. The Bertz CT molecular complexity index is 423. The Labute approximate surface area is 124 Å². The molecule has 1 rings (SSSR count). The molecule has 2 amide bonds. The molecular weight excluding hydrogens is 275 g/mol. The van der Waals surface area contributed by atoms with Gasteiger partial charge < -0.3 is 20.1 Å². The fraction of sp³-hybridized carbons (Fsp3) is 0.533. The van der Waals surface area contributed by atoms with Crippen molar-refractivity contribution in [3.63, 3.8) is 0 Å². The van der Waals surface area contributed by atoms with E-state index in [0.717, 1.165) is 0 Å². The van der Waals surface area contributed by atoms with Crippen LogP contribution in [-0.2, 0) is 15.9 Å². The molecule has 0 bridgehead atoms. The predicted octanol–water partition coefficient (Wildman–Crippen LogP) is 2.07. The van der Waals surface area contributed by atoms with Crippen molar-refractivity contribution in [3.05, 3.63) is 35.6 Å². The van der Waals surface area contributed by atoms with E-state index in [-0.39, 0.29) is 18.4 Å². The summed E-state index contributed by atoms with van der Waals surface area (Å²) < 4.78 is 24.0. The average Bonchev–Trinajstić information content (AvgIpc) is 2.47. The van der Waals surface area contributed by atoms with Crippen LogP contribution >= 0.6 is 0 Å². The van der Waals surface area contributed by atoms with E-state index in [1.165, 1.54) is 6.07 Å². The van der Waals surface area contributed by atoms with Gasteiger partial charge in [0.2, 0.25) is 0 Å². The zero-order valence-electron chi connectivity index (χ0n) is 12.5. The van der Waals surface area contributed by atoms with Crippen molar-refractivity contribution in [2.45, 2.75) is 26.6 Å². The maximum absolute atomic E-state index is 13.4. The van der Waals surface area contributed by atoms with Crippen LogP contribution in [0.15, 0.2) is 24.3 Å². The van der Waals surface area contributed by atoms with Crippen LogP contribution in [0.4, 0.5) is 9.18 Å². The second-order valence-electron chi connectivity index (χ2n) is 4.32. The van der Waals surface area contributed by atoms with E-state index < -0.39 is 6.29 Å². The van der Waals surface area contributed by atoms with Crippen LogP contribution in [0.1, 0.15) is 19.4 Å². The molecule has 0 saturated carbocycles. The first-order valence-electron chi connectivity index (χ1n) is 7.15. The molecule has 0 saturated heterocycles. The van der Waals surface area contributed by atoms with Gasteiger partial charge in [-0.2, -0.15) is 0 Å². The normalized spacial score (nSPS) is 10.7. The molecule has 0 unspecified atom stereocenters. The molecule has 0 aliphatic carbocycles. The standard InChI is InChI=1S/C15H23FN2O3/c1-3-20-14(21-4-2)11-18-15(19)17-10-9-12-7-5-6-8-13(12)16/h5-8,14H,3-4,9-11H2,1-2H3,(H2,17,18,19). The summed E-state index contributed by atoms with van der Waals surface area (Å²) in [6.07, 6.45) is -0.00205. The highest BCUT2D eigenvalue weighted by Crippen LogP contribution is 2.05. The Morgan fingerprint density at radius 1 is 1.19 bits per heavy atom. The molecule has 0 aliphatic heterocycles. The number of hydrogen-bond donors (Lipinski definition) is 2. The molecule has 0 fully saturated rings. The summed E-state index contributed by atoms with van der Waals surface area (Å²) in [5.74, 6) is -0.257. The number of carbonyl (C=O) groups is 1. The number of urea groups is 1. The Morgan fingerprint density at radius 2 is 1.86 bits per heavy atom. The van der Waals surface area contributed by atoms with E-state index in [1.807, 2.05) is 13.8 Å². The first-order valence-corrected chi connectivity index (χ1v) is 7.15. The fourth-order valence-electron chi connectivity index (χ4n) is 1.79. The van der Waals surface area contributed by atoms with Gasteiger partial charge in [-0.15, -0.1) is 0 Å². The lowest BCUT2D eigenvalue weighted by Gasteiger charge is -2.17. The Morgan fingerprint density at radius 3 is 2.48 bits per heavy atom. The molecule has 5 nitrogen and oxygen atoms in total. The van der Waals surface area contributed by atoms with Crippen molar-refractivity contribution in [2.24, 2.45) is 0 Å². The van der Waals surface area contributed by atoms with Crippen molar-refractivity contribution < 1.29 is 18.7 Å². The van der Waals surface area contributed by atoms with E-state index in [9.17, 15) is 9.18 Å². The highest BCUT2D eigenvalue weighted by molar-refractivity contribution is 5.73. The minimum atomic E-state index is -0.447. The SMILES string of the molecule is CCOC(CNC(=O)NCCc1ccccc1F)OCC. The van der Waals surface area contributed by atoms with E-state index in [0.29, 0.717) is 31.7 Å².